The second-order valence-electron chi connectivity index (χ2n) is 5.51. The third-order valence-corrected chi connectivity index (χ3v) is 4.33. The molecule has 11 heteroatoms. The second-order valence-corrected chi connectivity index (χ2v) is 7.07. The molecule has 1 amide bonds. The van der Waals surface area contributed by atoms with Gasteiger partial charge in [0.1, 0.15) is 5.75 Å². The van der Waals surface area contributed by atoms with Crippen LogP contribution in [0.4, 0.5) is 14.5 Å². The Hall–Kier alpha value is -3.05. The predicted molar refractivity (Wildman–Crippen MR) is 94.4 cm³/mol. The molecule has 0 spiro atoms. The lowest BCUT2D eigenvalue weighted by Crippen LogP contribution is -2.30. The largest absolute Gasteiger partial charge is 0.449 e. The van der Waals surface area contributed by atoms with Gasteiger partial charge in [-0.15, -0.1) is 0 Å². The zero-order valence-electron chi connectivity index (χ0n) is 14.5. The minimum absolute atomic E-state index is 0.0738. The smallest absolute Gasteiger partial charge is 0.387 e. The second kappa shape index (κ2) is 8.76. The highest BCUT2D eigenvalue weighted by Crippen LogP contribution is 2.18. The first-order valence-corrected chi connectivity index (χ1v) is 9.30. The fourth-order valence-corrected chi connectivity index (χ4v) is 2.57. The first kappa shape index (κ1) is 21.3. The molecule has 2 aromatic carbocycles. The molecule has 0 unspecified atom stereocenters. The van der Waals surface area contributed by atoms with Crippen molar-refractivity contribution in [2.24, 2.45) is 5.14 Å². The maximum Gasteiger partial charge on any atom is 0.387 e. The molecule has 0 fully saturated rings. The Bertz CT molecular complexity index is 964. The van der Waals surface area contributed by atoms with E-state index in [4.69, 9.17) is 9.88 Å². The molecule has 28 heavy (non-hydrogen) atoms. The summed E-state index contributed by atoms with van der Waals surface area (Å²) in [6.07, 6.45) is -1.22. The summed E-state index contributed by atoms with van der Waals surface area (Å²) in [7, 11) is -3.86. The number of alkyl halides is 2. The number of ether oxygens (including phenoxy) is 2. The molecule has 8 nitrogen and oxygen atoms in total. The van der Waals surface area contributed by atoms with Crippen molar-refractivity contribution in [3.63, 3.8) is 0 Å². The number of halogens is 2. The van der Waals surface area contributed by atoms with Crippen LogP contribution in [0.15, 0.2) is 53.4 Å². The fourth-order valence-electron chi connectivity index (χ4n) is 2.05. The number of carbonyl (C=O) groups is 2. The van der Waals surface area contributed by atoms with Crippen molar-refractivity contribution >= 4 is 27.6 Å². The molecule has 0 heterocycles. The topological polar surface area (TPSA) is 125 Å². The fraction of sp³-hybridized carbons (Fsp3) is 0.176. The van der Waals surface area contributed by atoms with Gasteiger partial charge in [-0.2, -0.15) is 8.78 Å². The van der Waals surface area contributed by atoms with E-state index in [1.807, 2.05) is 0 Å². The minimum atomic E-state index is -3.86. The monoisotopic (exact) mass is 414 g/mol. The van der Waals surface area contributed by atoms with Crippen LogP contribution in [0.1, 0.15) is 17.3 Å². The lowest BCUT2D eigenvalue weighted by atomic mass is 10.2. The number of primary sulfonamides is 1. The highest BCUT2D eigenvalue weighted by molar-refractivity contribution is 7.89. The van der Waals surface area contributed by atoms with Gasteiger partial charge in [0.05, 0.1) is 10.5 Å². The van der Waals surface area contributed by atoms with E-state index in [0.717, 1.165) is 6.07 Å². The van der Waals surface area contributed by atoms with Crippen molar-refractivity contribution in [2.45, 2.75) is 24.5 Å². The normalized spacial score (nSPS) is 12.3. The standard InChI is InChI=1S/C17H16F2N2O6S/c1-10(15(22)21-12-5-7-14(8-6-12)28(20,24)25)26-16(23)11-3-2-4-13(9-11)27-17(18)19/h2-10,17H,1H3,(H,21,22)(H2,20,24,25)/t10-/m1/s1. The van der Waals surface area contributed by atoms with E-state index in [-0.39, 0.29) is 21.9 Å². The van der Waals surface area contributed by atoms with Crippen molar-refractivity contribution in [3.05, 3.63) is 54.1 Å². The van der Waals surface area contributed by atoms with Gasteiger partial charge in [0.2, 0.25) is 10.0 Å². The van der Waals surface area contributed by atoms with Crippen LogP contribution in [-0.4, -0.2) is 33.0 Å². The molecule has 2 aromatic rings. The molecular weight excluding hydrogens is 398 g/mol. The number of rotatable bonds is 7. The van der Waals surface area contributed by atoms with Gasteiger partial charge in [-0.1, -0.05) is 6.07 Å². The summed E-state index contributed by atoms with van der Waals surface area (Å²) in [5, 5.41) is 7.42. The molecule has 0 bridgehead atoms. The van der Waals surface area contributed by atoms with Gasteiger partial charge in [-0.25, -0.2) is 18.4 Å². The van der Waals surface area contributed by atoms with E-state index in [1.165, 1.54) is 49.4 Å². The van der Waals surface area contributed by atoms with Crippen LogP contribution in [0.25, 0.3) is 0 Å². The van der Waals surface area contributed by atoms with Gasteiger partial charge in [0, 0.05) is 5.69 Å². The summed E-state index contributed by atoms with van der Waals surface area (Å²) >= 11 is 0. The maximum absolute atomic E-state index is 12.2. The van der Waals surface area contributed by atoms with Crippen molar-refractivity contribution < 1.29 is 36.3 Å². The molecule has 150 valence electrons. The number of esters is 1. The zero-order valence-corrected chi connectivity index (χ0v) is 15.3. The number of anilines is 1. The van der Waals surface area contributed by atoms with Crippen LogP contribution in [0, 0.1) is 0 Å². The Balaban J connectivity index is 1.99. The Labute approximate surface area is 159 Å². The maximum atomic E-state index is 12.2. The number of sulfonamides is 1. The molecule has 3 N–H and O–H groups in total. The molecule has 0 aliphatic rings. The summed E-state index contributed by atoms with van der Waals surface area (Å²) in [5.74, 6) is -1.82. The number of benzene rings is 2. The van der Waals surface area contributed by atoms with Crippen molar-refractivity contribution in [1.29, 1.82) is 0 Å². The molecule has 0 aliphatic heterocycles. The first-order valence-electron chi connectivity index (χ1n) is 7.76. The quantitative estimate of drug-likeness (QED) is 0.669. The van der Waals surface area contributed by atoms with E-state index in [2.05, 4.69) is 10.1 Å². The highest BCUT2D eigenvalue weighted by atomic mass is 32.2. The van der Waals surface area contributed by atoms with E-state index in [9.17, 15) is 26.8 Å². The van der Waals surface area contributed by atoms with Gasteiger partial charge in [0.25, 0.3) is 5.91 Å². The third kappa shape index (κ3) is 5.99. The predicted octanol–water partition coefficient (Wildman–Crippen LogP) is 2.12. The van der Waals surface area contributed by atoms with E-state index in [0.29, 0.717) is 0 Å². The van der Waals surface area contributed by atoms with Crippen LogP contribution in [0.5, 0.6) is 5.75 Å². The van der Waals surface area contributed by atoms with Crippen LogP contribution in [0.2, 0.25) is 0 Å². The molecular formula is C17H16F2N2O6S. The van der Waals surface area contributed by atoms with Crippen LogP contribution in [-0.2, 0) is 19.6 Å². The van der Waals surface area contributed by atoms with Crippen molar-refractivity contribution in [3.8, 4) is 5.75 Å². The summed E-state index contributed by atoms with van der Waals surface area (Å²) in [6, 6.07) is 9.99. The summed E-state index contributed by atoms with van der Waals surface area (Å²) in [4.78, 5) is 24.1. The number of nitrogens with two attached hydrogens (primary N) is 1. The Morgan fingerprint density at radius 3 is 2.32 bits per heavy atom. The number of amides is 1. The van der Waals surface area contributed by atoms with Gasteiger partial charge < -0.3 is 14.8 Å². The van der Waals surface area contributed by atoms with E-state index in [1.54, 1.807) is 0 Å². The molecule has 2 rings (SSSR count). The summed E-state index contributed by atoms with van der Waals surface area (Å²) in [6.45, 7) is -1.73. The minimum Gasteiger partial charge on any atom is -0.449 e. The molecule has 1 atom stereocenters. The van der Waals surface area contributed by atoms with E-state index < -0.39 is 34.6 Å². The number of nitrogens with one attached hydrogen (secondary N) is 1. The lowest BCUT2D eigenvalue weighted by Gasteiger charge is -2.14. The summed E-state index contributed by atoms with van der Waals surface area (Å²) in [5.41, 5.74) is 0.183. The van der Waals surface area contributed by atoms with E-state index >= 15 is 0 Å². The van der Waals surface area contributed by atoms with Crippen molar-refractivity contribution in [1.82, 2.24) is 0 Å². The van der Waals surface area contributed by atoms with Crippen LogP contribution < -0.4 is 15.2 Å². The Kier molecular flexibility index (Phi) is 6.65. The van der Waals surface area contributed by atoms with Gasteiger partial charge in [-0.3, -0.25) is 4.79 Å². The SMILES string of the molecule is C[C@@H](OC(=O)c1cccc(OC(F)F)c1)C(=O)Nc1ccc(S(N)(=O)=O)cc1. The molecule has 0 aliphatic carbocycles. The van der Waals surface area contributed by atoms with Crippen LogP contribution >= 0.6 is 0 Å². The average molecular weight is 414 g/mol. The molecule has 0 saturated heterocycles. The average Bonchev–Trinajstić information content (AvgIpc) is 2.61. The number of hydrogen-bond donors (Lipinski definition) is 2. The van der Waals surface area contributed by atoms with Gasteiger partial charge >= 0.3 is 12.6 Å². The molecule has 0 radical (unpaired) electrons. The number of carbonyl (C=O) groups excluding carboxylic acids is 2. The van der Waals surface area contributed by atoms with Crippen LogP contribution in [0.3, 0.4) is 0 Å². The molecule has 0 saturated carbocycles. The lowest BCUT2D eigenvalue weighted by molar-refractivity contribution is -0.123. The van der Waals surface area contributed by atoms with Gasteiger partial charge in [-0.05, 0) is 49.4 Å². The third-order valence-electron chi connectivity index (χ3n) is 3.40. The van der Waals surface area contributed by atoms with Crippen molar-refractivity contribution in [2.75, 3.05) is 5.32 Å². The zero-order chi connectivity index (χ0) is 20.9. The Morgan fingerprint density at radius 1 is 1.11 bits per heavy atom. The van der Waals surface area contributed by atoms with Gasteiger partial charge in [0.15, 0.2) is 6.10 Å². The molecule has 0 aromatic heterocycles. The Morgan fingerprint density at radius 2 is 1.75 bits per heavy atom. The highest BCUT2D eigenvalue weighted by Gasteiger charge is 2.20. The summed E-state index contributed by atoms with van der Waals surface area (Å²) < 4.78 is 56.1. The number of hydrogen-bond acceptors (Lipinski definition) is 6. The first-order chi connectivity index (χ1) is 13.1.